The molecule has 10 heteroatoms. The van der Waals surface area contributed by atoms with Gasteiger partial charge in [0.05, 0.1) is 29.8 Å². The molecule has 0 unspecified atom stereocenters. The van der Waals surface area contributed by atoms with Crippen LogP contribution in [0.5, 0.6) is 0 Å². The minimum atomic E-state index is -0.266. The fourth-order valence-electron chi connectivity index (χ4n) is 4.91. The highest BCUT2D eigenvalue weighted by Gasteiger charge is 2.23. The summed E-state index contributed by atoms with van der Waals surface area (Å²) in [5, 5.41) is 9.26. The molecule has 0 radical (unpaired) electrons. The average Bonchev–Trinajstić information content (AvgIpc) is 3.54. The fourth-order valence-corrected chi connectivity index (χ4v) is 4.91. The molecule has 0 bridgehead atoms. The van der Waals surface area contributed by atoms with Crippen molar-refractivity contribution in [3.05, 3.63) is 82.9 Å². The number of hydrogen-bond donors (Lipinski definition) is 0. The third-order valence-electron chi connectivity index (χ3n) is 6.33. The molecule has 0 spiro atoms. The summed E-state index contributed by atoms with van der Waals surface area (Å²) in [7, 11) is 0. The van der Waals surface area contributed by atoms with Gasteiger partial charge in [-0.1, -0.05) is 19.6 Å². The Morgan fingerprint density at radius 3 is 2.47 bits per heavy atom. The molecular formula is C26H30N8O2. The summed E-state index contributed by atoms with van der Waals surface area (Å²) in [6, 6.07) is 11.9. The number of aromatic nitrogens is 7. The Kier molecular flexibility index (Phi) is 6.38. The molecule has 36 heavy (non-hydrogen) atoms. The van der Waals surface area contributed by atoms with Crippen LogP contribution in [-0.4, -0.2) is 64.1 Å². The highest BCUT2D eigenvalue weighted by molar-refractivity contribution is 5.89. The number of fused-ring (bicyclic) bond motifs is 3. The Labute approximate surface area is 208 Å². The summed E-state index contributed by atoms with van der Waals surface area (Å²) in [4.78, 5) is 24.8. The standard InChI is InChI=1S/C25H26N8O2.CH4/c1-17-12-30(13-18(2)35-17)14-20-10-22-23(26-11-20)31(25(34)33-24(22)27-16-29-33)15-19-4-6-21(7-5-19)32-9-3-8-28-32;/h3-11,16-18H,12-15H2,1-2H3;1H4/t17-,18+;. The number of morpholine rings is 1. The molecular weight excluding hydrogens is 456 g/mol. The molecule has 1 aromatic carbocycles. The molecule has 10 nitrogen and oxygen atoms in total. The quantitative estimate of drug-likeness (QED) is 0.377. The van der Waals surface area contributed by atoms with Crippen LogP contribution in [0.3, 0.4) is 0 Å². The van der Waals surface area contributed by atoms with Gasteiger partial charge in [0.2, 0.25) is 0 Å². The van der Waals surface area contributed by atoms with E-state index >= 15 is 0 Å². The Balaban J connectivity index is 0.00000267. The van der Waals surface area contributed by atoms with Gasteiger partial charge in [-0.2, -0.15) is 14.7 Å². The van der Waals surface area contributed by atoms with E-state index in [2.05, 4.69) is 40.0 Å². The average molecular weight is 487 g/mol. The second-order valence-corrected chi connectivity index (χ2v) is 9.15. The summed E-state index contributed by atoms with van der Waals surface area (Å²) in [6.45, 7) is 7.07. The molecule has 1 fully saturated rings. The molecule has 0 aliphatic carbocycles. The van der Waals surface area contributed by atoms with E-state index in [4.69, 9.17) is 9.72 Å². The molecule has 4 aromatic heterocycles. The lowest BCUT2D eigenvalue weighted by molar-refractivity contribution is -0.0705. The number of pyridine rings is 1. The van der Waals surface area contributed by atoms with Gasteiger partial charge in [-0.15, -0.1) is 0 Å². The second-order valence-electron chi connectivity index (χ2n) is 9.15. The molecule has 5 heterocycles. The fraction of sp³-hybridized carbons (Fsp3) is 0.346. The maximum absolute atomic E-state index is 13.3. The van der Waals surface area contributed by atoms with Crippen LogP contribution in [0.15, 0.2) is 66.1 Å². The van der Waals surface area contributed by atoms with Crippen LogP contribution in [0, 0.1) is 0 Å². The van der Waals surface area contributed by atoms with Gasteiger partial charge in [0.25, 0.3) is 0 Å². The van der Waals surface area contributed by atoms with E-state index in [0.717, 1.165) is 41.8 Å². The van der Waals surface area contributed by atoms with Crippen molar-refractivity contribution < 1.29 is 4.74 Å². The third-order valence-corrected chi connectivity index (χ3v) is 6.33. The van der Waals surface area contributed by atoms with Gasteiger partial charge < -0.3 is 4.74 Å². The zero-order valence-electron chi connectivity index (χ0n) is 19.7. The number of nitrogens with zero attached hydrogens (tertiary/aromatic N) is 8. The Bertz CT molecular complexity index is 1530. The summed E-state index contributed by atoms with van der Waals surface area (Å²) < 4.78 is 10.7. The largest absolute Gasteiger partial charge is 0.373 e. The van der Waals surface area contributed by atoms with Crippen LogP contribution < -0.4 is 5.69 Å². The van der Waals surface area contributed by atoms with Gasteiger partial charge in [-0.3, -0.25) is 9.47 Å². The van der Waals surface area contributed by atoms with E-state index in [1.807, 2.05) is 42.7 Å². The van der Waals surface area contributed by atoms with Crippen molar-refractivity contribution in [1.82, 2.24) is 38.8 Å². The zero-order chi connectivity index (χ0) is 23.9. The predicted molar refractivity (Wildman–Crippen MR) is 137 cm³/mol. The second kappa shape index (κ2) is 9.63. The van der Waals surface area contributed by atoms with E-state index < -0.39 is 0 Å². The smallest absolute Gasteiger partial charge is 0.352 e. The van der Waals surface area contributed by atoms with Gasteiger partial charge in [-0.05, 0) is 49.2 Å². The summed E-state index contributed by atoms with van der Waals surface area (Å²) in [5.74, 6) is 0. The molecule has 0 N–H and O–H groups in total. The van der Waals surface area contributed by atoms with Crippen LogP contribution in [0.1, 0.15) is 32.4 Å². The number of ether oxygens (including phenoxy) is 1. The molecule has 1 aliphatic heterocycles. The molecule has 1 saturated heterocycles. The number of rotatable bonds is 5. The van der Waals surface area contributed by atoms with Crippen molar-refractivity contribution in [3.63, 3.8) is 0 Å². The van der Waals surface area contributed by atoms with E-state index in [1.165, 1.54) is 10.8 Å². The van der Waals surface area contributed by atoms with E-state index in [1.54, 1.807) is 15.4 Å². The van der Waals surface area contributed by atoms with Crippen molar-refractivity contribution in [2.75, 3.05) is 13.1 Å². The van der Waals surface area contributed by atoms with Gasteiger partial charge in [-0.25, -0.2) is 19.4 Å². The maximum Gasteiger partial charge on any atom is 0.352 e. The Hall–Kier alpha value is -3.89. The molecule has 6 rings (SSSR count). The van der Waals surface area contributed by atoms with Crippen molar-refractivity contribution >= 4 is 16.7 Å². The van der Waals surface area contributed by atoms with Crippen molar-refractivity contribution in [3.8, 4) is 5.69 Å². The molecule has 2 atom stereocenters. The summed E-state index contributed by atoms with van der Waals surface area (Å²) in [6.07, 6.45) is 7.30. The lowest BCUT2D eigenvalue weighted by atomic mass is 10.1. The zero-order valence-corrected chi connectivity index (χ0v) is 19.7. The van der Waals surface area contributed by atoms with Gasteiger partial charge in [0.1, 0.15) is 12.0 Å². The van der Waals surface area contributed by atoms with Crippen LogP contribution in [0.4, 0.5) is 0 Å². The monoisotopic (exact) mass is 486 g/mol. The van der Waals surface area contributed by atoms with E-state index in [0.29, 0.717) is 17.8 Å². The highest BCUT2D eigenvalue weighted by Crippen LogP contribution is 2.20. The lowest BCUT2D eigenvalue weighted by Crippen LogP contribution is -2.44. The topological polar surface area (TPSA) is 95.4 Å². The Morgan fingerprint density at radius 2 is 1.75 bits per heavy atom. The van der Waals surface area contributed by atoms with Gasteiger partial charge in [0.15, 0.2) is 5.65 Å². The molecule has 0 saturated carbocycles. The van der Waals surface area contributed by atoms with E-state index in [9.17, 15) is 4.79 Å². The first-order chi connectivity index (χ1) is 17.0. The molecule has 5 aromatic rings. The summed E-state index contributed by atoms with van der Waals surface area (Å²) in [5.41, 5.74) is 3.85. The maximum atomic E-state index is 13.3. The first-order valence-corrected chi connectivity index (χ1v) is 11.7. The van der Waals surface area contributed by atoms with Gasteiger partial charge in [0, 0.05) is 38.2 Å². The highest BCUT2D eigenvalue weighted by atomic mass is 16.5. The SMILES string of the molecule is C.C[C@@H]1CN(Cc2cnc3c(c2)c2ncnn2c(=O)n3Cc2ccc(-n3cccn3)cc2)C[C@H](C)O1. The van der Waals surface area contributed by atoms with E-state index in [-0.39, 0.29) is 25.3 Å². The summed E-state index contributed by atoms with van der Waals surface area (Å²) >= 11 is 0. The molecule has 186 valence electrons. The lowest BCUT2D eigenvalue weighted by Gasteiger charge is -2.35. The predicted octanol–water partition coefficient (Wildman–Crippen LogP) is 2.92. The molecule has 1 aliphatic rings. The molecule has 0 amide bonds. The van der Waals surface area contributed by atoms with Gasteiger partial charge >= 0.3 is 5.69 Å². The first kappa shape index (κ1) is 23.8. The Morgan fingerprint density at radius 1 is 0.972 bits per heavy atom. The van der Waals surface area contributed by atoms with Crippen LogP contribution in [0.25, 0.3) is 22.4 Å². The normalized spacial score (nSPS) is 18.5. The third kappa shape index (κ3) is 4.40. The van der Waals surface area contributed by atoms with Crippen LogP contribution >= 0.6 is 0 Å². The van der Waals surface area contributed by atoms with Crippen molar-refractivity contribution in [2.24, 2.45) is 0 Å². The number of hydrogen-bond acceptors (Lipinski definition) is 7. The van der Waals surface area contributed by atoms with Crippen molar-refractivity contribution in [1.29, 1.82) is 0 Å². The minimum Gasteiger partial charge on any atom is -0.373 e. The number of benzene rings is 1. The van der Waals surface area contributed by atoms with Crippen molar-refractivity contribution in [2.45, 2.75) is 46.6 Å². The minimum absolute atomic E-state index is 0. The van der Waals surface area contributed by atoms with Crippen LogP contribution in [-0.2, 0) is 17.8 Å². The first-order valence-electron chi connectivity index (χ1n) is 11.7. The van der Waals surface area contributed by atoms with Crippen LogP contribution in [0.2, 0.25) is 0 Å².